The van der Waals surface area contributed by atoms with E-state index in [1.54, 1.807) is 6.07 Å². The van der Waals surface area contributed by atoms with E-state index in [0.29, 0.717) is 12.2 Å². The molecule has 1 aromatic carbocycles. The number of unbranched alkanes of at least 4 members (excludes halogenated alkanes) is 1. The number of thioether (sulfide) groups is 1. The first-order valence-electron chi connectivity index (χ1n) is 8.10. The van der Waals surface area contributed by atoms with Crippen LogP contribution in [0.2, 0.25) is 0 Å². The van der Waals surface area contributed by atoms with Gasteiger partial charge >= 0.3 is 11.7 Å². The third-order valence-electron chi connectivity index (χ3n) is 3.62. The van der Waals surface area contributed by atoms with E-state index in [-0.39, 0.29) is 27.2 Å². The van der Waals surface area contributed by atoms with Gasteiger partial charge in [-0.2, -0.15) is 0 Å². The highest BCUT2D eigenvalue weighted by Crippen LogP contribution is 2.34. The summed E-state index contributed by atoms with van der Waals surface area (Å²) in [6, 6.07) is 4.36. The summed E-state index contributed by atoms with van der Waals surface area (Å²) in [4.78, 5) is 36.3. The summed E-state index contributed by atoms with van der Waals surface area (Å²) in [5.74, 6) is -0.837. The van der Waals surface area contributed by atoms with Crippen LogP contribution in [0.15, 0.2) is 23.1 Å². The SMILES string of the molecule is CCCCOC(=O)CN1C(=O)/C(=C/c2ccc(OC)c([N+](=O)[O-])c2)SC1=S. The quantitative estimate of drug-likeness (QED) is 0.161. The van der Waals surface area contributed by atoms with Crippen LogP contribution in [0.25, 0.3) is 6.08 Å². The van der Waals surface area contributed by atoms with Crippen LogP contribution in [-0.4, -0.2) is 46.3 Å². The van der Waals surface area contributed by atoms with Gasteiger partial charge in [-0.15, -0.1) is 0 Å². The standard InChI is InChI=1S/C17H18N2O6S2/c1-3-4-7-25-15(20)10-18-16(21)14(27-17(18)26)9-11-5-6-13(24-2)12(8-11)19(22)23/h5-6,8-9H,3-4,7,10H2,1-2H3/b14-9-. The number of amides is 1. The van der Waals surface area contributed by atoms with Crippen LogP contribution in [0, 0.1) is 10.1 Å². The molecule has 0 saturated carbocycles. The lowest BCUT2D eigenvalue weighted by atomic mass is 10.1. The van der Waals surface area contributed by atoms with Crippen molar-refractivity contribution in [2.75, 3.05) is 20.3 Å². The molecule has 10 heteroatoms. The van der Waals surface area contributed by atoms with E-state index in [4.69, 9.17) is 21.7 Å². The maximum Gasteiger partial charge on any atom is 0.326 e. The van der Waals surface area contributed by atoms with Crippen molar-refractivity contribution >= 4 is 51.9 Å². The van der Waals surface area contributed by atoms with Crippen molar-refractivity contribution in [2.24, 2.45) is 0 Å². The number of carbonyl (C=O) groups excluding carboxylic acids is 2. The number of nitro groups is 1. The molecular formula is C17H18N2O6S2. The summed E-state index contributed by atoms with van der Waals surface area (Å²) in [5.41, 5.74) is 0.245. The molecule has 0 bridgehead atoms. The molecule has 144 valence electrons. The van der Waals surface area contributed by atoms with Gasteiger partial charge in [-0.1, -0.05) is 43.4 Å². The summed E-state index contributed by atoms with van der Waals surface area (Å²) in [6.07, 6.45) is 3.14. The van der Waals surface area contributed by atoms with Crippen molar-refractivity contribution in [2.45, 2.75) is 19.8 Å². The molecule has 0 aliphatic carbocycles. The molecule has 1 fully saturated rings. The molecule has 0 radical (unpaired) electrons. The Balaban J connectivity index is 2.15. The van der Waals surface area contributed by atoms with Crippen LogP contribution < -0.4 is 4.74 Å². The Hall–Kier alpha value is -2.46. The van der Waals surface area contributed by atoms with Gasteiger partial charge in [-0.25, -0.2) is 0 Å². The van der Waals surface area contributed by atoms with E-state index in [2.05, 4.69) is 0 Å². The summed E-state index contributed by atoms with van der Waals surface area (Å²) >= 11 is 6.19. The Bertz CT molecular complexity index is 809. The number of ether oxygens (including phenoxy) is 2. The lowest BCUT2D eigenvalue weighted by Gasteiger charge is -2.13. The van der Waals surface area contributed by atoms with Crippen LogP contribution in [0.4, 0.5) is 5.69 Å². The van der Waals surface area contributed by atoms with E-state index in [0.717, 1.165) is 29.5 Å². The van der Waals surface area contributed by atoms with E-state index in [1.165, 1.54) is 25.3 Å². The molecule has 1 heterocycles. The maximum atomic E-state index is 12.5. The molecule has 1 aliphatic heterocycles. The highest BCUT2D eigenvalue weighted by atomic mass is 32.2. The first-order valence-corrected chi connectivity index (χ1v) is 9.33. The van der Waals surface area contributed by atoms with Crippen molar-refractivity contribution in [1.29, 1.82) is 0 Å². The fraction of sp³-hybridized carbons (Fsp3) is 0.353. The van der Waals surface area contributed by atoms with Gasteiger partial charge in [0.25, 0.3) is 5.91 Å². The number of thiocarbonyl (C=S) groups is 1. The molecule has 1 aromatic rings. The van der Waals surface area contributed by atoms with Gasteiger partial charge in [0.2, 0.25) is 0 Å². The molecule has 0 spiro atoms. The first kappa shape index (κ1) is 20.8. The molecule has 0 N–H and O–H groups in total. The number of esters is 1. The molecule has 0 unspecified atom stereocenters. The Labute approximate surface area is 165 Å². The van der Waals surface area contributed by atoms with Crippen molar-refractivity contribution in [3.63, 3.8) is 0 Å². The average Bonchev–Trinajstić information content (AvgIpc) is 2.89. The monoisotopic (exact) mass is 410 g/mol. The number of hydrogen-bond acceptors (Lipinski definition) is 8. The molecule has 0 aromatic heterocycles. The molecule has 27 heavy (non-hydrogen) atoms. The topological polar surface area (TPSA) is 99.0 Å². The third-order valence-corrected chi connectivity index (χ3v) is 5.00. The van der Waals surface area contributed by atoms with Crippen molar-refractivity contribution in [3.05, 3.63) is 38.8 Å². The minimum absolute atomic E-state index is 0.125. The Morgan fingerprint density at radius 1 is 1.44 bits per heavy atom. The number of nitro benzene ring substituents is 1. The molecule has 0 atom stereocenters. The number of methoxy groups -OCH3 is 1. The maximum absolute atomic E-state index is 12.5. The Morgan fingerprint density at radius 3 is 2.81 bits per heavy atom. The predicted octanol–water partition coefficient (Wildman–Crippen LogP) is 3.15. The average molecular weight is 410 g/mol. The zero-order chi connectivity index (χ0) is 20.0. The van der Waals surface area contributed by atoms with Gasteiger partial charge in [0.1, 0.15) is 10.9 Å². The number of rotatable bonds is 8. The number of carbonyl (C=O) groups is 2. The molecule has 2 rings (SSSR count). The zero-order valence-electron chi connectivity index (χ0n) is 14.8. The summed E-state index contributed by atoms with van der Waals surface area (Å²) in [5, 5.41) is 11.1. The molecular weight excluding hydrogens is 392 g/mol. The minimum atomic E-state index is -0.562. The highest BCUT2D eigenvalue weighted by Gasteiger charge is 2.34. The summed E-state index contributed by atoms with van der Waals surface area (Å²) < 4.78 is 10.2. The van der Waals surface area contributed by atoms with E-state index < -0.39 is 16.8 Å². The minimum Gasteiger partial charge on any atom is -0.490 e. The normalized spacial score (nSPS) is 15.3. The second kappa shape index (κ2) is 9.47. The zero-order valence-corrected chi connectivity index (χ0v) is 16.4. The van der Waals surface area contributed by atoms with E-state index >= 15 is 0 Å². The molecule has 1 amide bonds. The van der Waals surface area contributed by atoms with Crippen LogP contribution in [0.5, 0.6) is 5.75 Å². The van der Waals surface area contributed by atoms with E-state index in [1.807, 2.05) is 6.92 Å². The lowest BCUT2D eigenvalue weighted by Crippen LogP contribution is -2.34. The highest BCUT2D eigenvalue weighted by molar-refractivity contribution is 8.26. The smallest absolute Gasteiger partial charge is 0.326 e. The van der Waals surface area contributed by atoms with Gasteiger partial charge in [0, 0.05) is 6.07 Å². The number of hydrogen-bond donors (Lipinski definition) is 0. The number of nitrogens with zero attached hydrogens (tertiary/aromatic N) is 2. The second-order valence-electron chi connectivity index (χ2n) is 5.53. The predicted molar refractivity (Wildman–Crippen MR) is 105 cm³/mol. The van der Waals surface area contributed by atoms with Gasteiger partial charge < -0.3 is 9.47 Å². The van der Waals surface area contributed by atoms with Gasteiger partial charge in [-0.3, -0.25) is 24.6 Å². The Morgan fingerprint density at radius 2 is 2.19 bits per heavy atom. The van der Waals surface area contributed by atoms with Crippen molar-refractivity contribution in [1.82, 2.24) is 4.90 Å². The van der Waals surface area contributed by atoms with E-state index in [9.17, 15) is 19.7 Å². The molecule has 8 nitrogen and oxygen atoms in total. The van der Waals surface area contributed by atoms with Crippen LogP contribution in [-0.2, 0) is 14.3 Å². The Kier molecular flexibility index (Phi) is 7.31. The van der Waals surface area contributed by atoms with Crippen molar-refractivity contribution in [3.8, 4) is 5.75 Å². The molecule has 1 aliphatic rings. The first-order chi connectivity index (χ1) is 12.9. The van der Waals surface area contributed by atoms with Gasteiger partial charge in [0.15, 0.2) is 5.75 Å². The third kappa shape index (κ3) is 5.27. The van der Waals surface area contributed by atoms with Gasteiger partial charge in [0.05, 0.1) is 23.5 Å². The number of benzene rings is 1. The van der Waals surface area contributed by atoms with Gasteiger partial charge in [-0.05, 0) is 24.1 Å². The molecule has 1 saturated heterocycles. The van der Waals surface area contributed by atoms with Crippen LogP contribution in [0.3, 0.4) is 0 Å². The van der Waals surface area contributed by atoms with Crippen molar-refractivity contribution < 1.29 is 24.0 Å². The second-order valence-corrected chi connectivity index (χ2v) is 7.21. The fourth-order valence-electron chi connectivity index (χ4n) is 2.23. The lowest BCUT2D eigenvalue weighted by molar-refractivity contribution is -0.385. The summed E-state index contributed by atoms with van der Waals surface area (Å²) in [6.45, 7) is 2.02. The summed E-state index contributed by atoms with van der Waals surface area (Å²) in [7, 11) is 1.34. The fourth-order valence-corrected chi connectivity index (χ4v) is 3.49. The largest absolute Gasteiger partial charge is 0.490 e. The van der Waals surface area contributed by atoms with Crippen LogP contribution in [0.1, 0.15) is 25.3 Å². The van der Waals surface area contributed by atoms with Crippen LogP contribution >= 0.6 is 24.0 Å².